The third-order valence-electron chi connectivity index (χ3n) is 10.2. The third-order valence-corrected chi connectivity index (χ3v) is 13.2. The number of nitrogens with one attached hydrogen (secondary N) is 2. The Balaban J connectivity index is 0.000000177. The summed E-state index contributed by atoms with van der Waals surface area (Å²) < 4.78 is 66.8. The second-order valence-electron chi connectivity index (χ2n) is 14.8. The molecule has 6 aromatic rings. The maximum absolute atomic E-state index is 12.7. The largest absolute Gasteiger partial charge is 0.393 e. The lowest BCUT2D eigenvalue weighted by atomic mass is 9.91. The highest BCUT2D eigenvalue weighted by Crippen LogP contribution is 2.35. The normalized spacial score (nSPS) is 19.1. The van der Waals surface area contributed by atoms with E-state index in [-0.39, 0.29) is 21.9 Å². The SMILES string of the molecule is Cc1cc(-c2cc(-c3cc(S(=O)(=O)NC4CC(O)C4)ccc3C)cnc2N)on1.Cc1cc(-c2cc(-c3cc(S(=O)(=O)NC4CC(O)C4)ccc3C)cnc2N)on1. The molecule has 2 aromatic carbocycles. The zero-order valence-corrected chi connectivity index (χ0v) is 33.8. The number of sulfonamides is 2. The van der Waals surface area contributed by atoms with E-state index in [2.05, 4.69) is 29.7 Å². The van der Waals surface area contributed by atoms with Crippen LogP contribution in [0.5, 0.6) is 0 Å². The molecular formula is C40H44N8O8S2. The summed E-state index contributed by atoms with van der Waals surface area (Å²) in [6, 6.07) is 16.6. The van der Waals surface area contributed by atoms with Crippen LogP contribution in [-0.2, 0) is 20.0 Å². The number of hydrogen-bond acceptors (Lipinski definition) is 14. The summed E-state index contributed by atoms with van der Waals surface area (Å²) in [6.45, 7) is 7.42. The van der Waals surface area contributed by atoms with E-state index in [0.29, 0.717) is 60.0 Å². The van der Waals surface area contributed by atoms with Crippen molar-refractivity contribution >= 4 is 31.7 Å². The molecule has 0 aliphatic heterocycles. The summed E-state index contributed by atoms with van der Waals surface area (Å²) in [5, 5.41) is 26.6. The molecule has 0 bridgehead atoms. The molecule has 0 radical (unpaired) electrons. The molecule has 0 spiro atoms. The number of aliphatic hydroxyl groups excluding tert-OH is 2. The van der Waals surface area contributed by atoms with E-state index < -0.39 is 32.3 Å². The van der Waals surface area contributed by atoms with Crippen LogP contribution in [0.1, 0.15) is 48.2 Å². The number of aromatic nitrogens is 4. The Morgan fingerprint density at radius 3 is 1.29 bits per heavy atom. The first-order chi connectivity index (χ1) is 27.5. The monoisotopic (exact) mass is 828 g/mol. The van der Waals surface area contributed by atoms with Crippen molar-refractivity contribution in [1.82, 2.24) is 29.7 Å². The smallest absolute Gasteiger partial charge is 0.240 e. The van der Waals surface area contributed by atoms with Crippen molar-refractivity contribution in [2.24, 2.45) is 0 Å². The van der Waals surface area contributed by atoms with Crippen LogP contribution < -0.4 is 20.9 Å². The molecule has 2 aliphatic carbocycles. The molecule has 0 saturated heterocycles. The molecule has 0 unspecified atom stereocenters. The second-order valence-corrected chi connectivity index (χ2v) is 18.2. The lowest BCUT2D eigenvalue weighted by molar-refractivity contribution is 0.0707. The number of pyridine rings is 2. The molecule has 2 aliphatic rings. The van der Waals surface area contributed by atoms with Crippen LogP contribution in [0.4, 0.5) is 11.6 Å². The predicted molar refractivity (Wildman–Crippen MR) is 217 cm³/mol. The van der Waals surface area contributed by atoms with E-state index in [1.165, 1.54) is 0 Å². The molecule has 4 heterocycles. The van der Waals surface area contributed by atoms with E-state index >= 15 is 0 Å². The molecule has 8 rings (SSSR count). The summed E-state index contributed by atoms with van der Waals surface area (Å²) in [4.78, 5) is 8.82. The summed E-state index contributed by atoms with van der Waals surface area (Å²) in [7, 11) is -7.39. The van der Waals surface area contributed by atoms with Gasteiger partial charge in [-0.2, -0.15) is 0 Å². The van der Waals surface area contributed by atoms with Gasteiger partial charge in [-0.3, -0.25) is 0 Å². The zero-order chi connectivity index (χ0) is 41.5. The fourth-order valence-corrected chi connectivity index (χ4v) is 9.30. The van der Waals surface area contributed by atoms with Gasteiger partial charge in [-0.15, -0.1) is 0 Å². The minimum Gasteiger partial charge on any atom is -0.393 e. The second kappa shape index (κ2) is 16.0. The highest BCUT2D eigenvalue weighted by molar-refractivity contribution is 7.89. The number of rotatable bonds is 10. The molecular weight excluding hydrogens is 785 g/mol. The molecule has 4 aromatic heterocycles. The first-order valence-corrected chi connectivity index (χ1v) is 21.4. The van der Waals surface area contributed by atoms with Gasteiger partial charge in [-0.05, 0) is 112 Å². The van der Waals surface area contributed by atoms with Crippen LogP contribution >= 0.6 is 0 Å². The average molecular weight is 829 g/mol. The number of aliphatic hydroxyl groups is 2. The highest BCUT2D eigenvalue weighted by Gasteiger charge is 2.33. The number of nitrogens with zero attached hydrogens (tertiary/aromatic N) is 4. The zero-order valence-electron chi connectivity index (χ0n) is 32.2. The Hall–Kier alpha value is -5.50. The van der Waals surface area contributed by atoms with Crippen molar-refractivity contribution < 1.29 is 36.1 Å². The van der Waals surface area contributed by atoms with Gasteiger partial charge >= 0.3 is 0 Å². The van der Waals surface area contributed by atoms with E-state index in [1.54, 1.807) is 60.9 Å². The van der Waals surface area contributed by atoms with Crippen LogP contribution in [0, 0.1) is 27.7 Å². The lowest BCUT2D eigenvalue weighted by Crippen LogP contribution is -2.46. The molecule has 8 N–H and O–H groups in total. The summed E-state index contributed by atoms with van der Waals surface area (Å²) in [5.74, 6) is 1.61. The van der Waals surface area contributed by atoms with Crippen LogP contribution in [-0.4, -0.2) is 71.6 Å². The van der Waals surface area contributed by atoms with Crippen molar-refractivity contribution in [3.05, 3.63) is 95.6 Å². The van der Waals surface area contributed by atoms with Gasteiger partial charge in [0, 0.05) is 47.7 Å². The summed E-state index contributed by atoms with van der Waals surface area (Å²) >= 11 is 0. The van der Waals surface area contributed by atoms with Gasteiger partial charge in [0.05, 0.1) is 44.5 Å². The van der Waals surface area contributed by atoms with Gasteiger partial charge in [0.1, 0.15) is 11.6 Å². The number of nitrogen functional groups attached to an aromatic ring is 2. The first kappa shape index (κ1) is 40.7. The molecule has 16 nitrogen and oxygen atoms in total. The number of benzene rings is 2. The number of anilines is 2. The van der Waals surface area contributed by atoms with Gasteiger partial charge in [0.2, 0.25) is 20.0 Å². The topological polar surface area (TPSA) is 263 Å². The Morgan fingerprint density at radius 2 is 0.966 bits per heavy atom. The maximum Gasteiger partial charge on any atom is 0.240 e. The van der Waals surface area contributed by atoms with Crippen LogP contribution in [0.25, 0.3) is 44.9 Å². The molecule has 2 saturated carbocycles. The van der Waals surface area contributed by atoms with Gasteiger partial charge in [0.25, 0.3) is 0 Å². The Labute approximate surface area is 335 Å². The molecule has 0 amide bonds. The molecule has 2 fully saturated rings. The number of aryl methyl sites for hydroxylation is 4. The van der Waals surface area contributed by atoms with Crippen molar-refractivity contribution in [1.29, 1.82) is 0 Å². The minimum atomic E-state index is -3.69. The maximum atomic E-state index is 12.7. The number of nitrogens with two attached hydrogens (primary N) is 2. The Kier molecular flexibility index (Phi) is 11.2. The first-order valence-electron chi connectivity index (χ1n) is 18.5. The Bertz CT molecular complexity index is 2520. The van der Waals surface area contributed by atoms with Gasteiger partial charge < -0.3 is 30.7 Å². The fourth-order valence-electron chi connectivity index (χ4n) is 6.72. The van der Waals surface area contributed by atoms with E-state index in [9.17, 15) is 27.0 Å². The predicted octanol–water partition coefficient (Wildman–Crippen LogP) is 4.81. The van der Waals surface area contributed by atoms with Crippen molar-refractivity contribution in [2.45, 2.75) is 87.5 Å². The summed E-state index contributed by atoms with van der Waals surface area (Å²) in [5.41, 5.74) is 19.3. The minimum absolute atomic E-state index is 0.161. The van der Waals surface area contributed by atoms with Crippen LogP contribution in [0.2, 0.25) is 0 Å². The number of hydrogen-bond donors (Lipinski definition) is 6. The van der Waals surface area contributed by atoms with Crippen molar-refractivity contribution in [3.8, 4) is 44.9 Å². The quantitative estimate of drug-likeness (QED) is 0.108. The average Bonchev–Trinajstić information content (AvgIpc) is 3.79. The van der Waals surface area contributed by atoms with Crippen LogP contribution in [0.15, 0.2) is 91.9 Å². The summed E-state index contributed by atoms with van der Waals surface area (Å²) in [6.07, 6.45) is 4.07. The fraction of sp³-hybridized carbons (Fsp3) is 0.300. The van der Waals surface area contributed by atoms with Crippen molar-refractivity contribution in [3.63, 3.8) is 0 Å². The molecule has 18 heteroatoms. The van der Waals surface area contributed by atoms with E-state index in [0.717, 1.165) is 44.8 Å². The third kappa shape index (κ3) is 8.81. The van der Waals surface area contributed by atoms with Gasteiger partial charge in [-0.25, -0.2) is 36.2 Å². The molecule has 304 valence electrons. The van der Waals surface area contributed by atoms with Crippen molar-refractivity contribution in [2.75, 3.05) is 11.5 Å². The molecule has 0 atom stereocenters. The van der Waals surface area contributed by atoms with Gasteiger partial charge in [-0.1, -0.05) is 22.4 Å². The molecule has 58 heavy (non-hydrogen) atoms. The Morgan fingerprint density at radius 1 is 0.586 bits per heavy atom. The standard InChI is InChI=1S/2C20H22N4O4S/c2*1-11-3-4-16(29(26,27)24-14-7-15(25)8-14)9-17(11)13-6-18(20(21)22-10-13)19-5-12(2)23-28-19/h2*3-6,9-10,14-15,24-25H,7-8H2,1-2H3,(H2,21,22). The van der Waals surface area contributed by atoms with Crippen LogP contribution in [0.3, 0.4) is 0 Å². The highest BCUT2D eigenvalue weighted by atomic mass is 32.2. The van der Waals surface area contributed by atoms with Gasteiger partial charge in [0.15, 0.2) is 11.5 Å². The van der Waals surface area contributed by atoms with E-state index in [4.69, 9.17) is 20.5 Å². The lowest BCUT2D eigenvalue weighted by Gasteiger charge is -2.31. The van der Waals surface area contributed by atoms with E-state index in [1.807, 2.05) is 39.8 Å².